The van der Waals surface area contributed by atoms with Crippen LogP contribution in [0.15, 0.2) is 0 Å². The summed E-state index contributed by atoms with van der Waals surface area (Å²) in [7, 11) is -0.154. The number of piperidine rings is 1. The standard InChI is InChI=1S/C17H35NO3Si/c1-12(2)22(13(3)4,14(5)6)11-16(19)15-9-8-10-17(20)18(15)21-7/h12-16,19H,8-11H2,1-7H3/t15-,16+/m1/s1. The molecule has 1 N–H and O–H groups in total. The summed E-state index contributed by atoms with van der Waals surface area (Å²) in [5.41, 5.74) is 1.83. The van der Waals surface area contributed by atoms with Crippen LogP contribution in [0.3, 0.4) is 0 Å². The molecule has 2 atom stereocenters. The smallest absolute Gasteiger partial charge is 0.246 e. The molecule has 0 unspecified atom stereocenters. The number of hydrogen-bond acceptors (Lipinski definition) is 3. The van der Waals surface area contributed by atoms with Gasteiger partial charge in [0.25, 0.3) is 0 Å². The van der Waals surface area contributed by atoms with Gasteiger partial charge in [-0.05, 0) is 18.9 Å². The van der Waals surface area contributed by atoms with Crippen molar-refractivity contribution in [2.24, 2.45) is 0 Å². The molecule has 1 aliphatic heterocycles. The Morgan fingerprint density at radius 3 is 2.09 bits per heavy atom. The molecule has 1 amide bonds. The maximum Gasteiger partial charge on any atom is 0.246 e. The van der Waals surface area contributed by atoms with Crippen LogP contribution >= 0.6 is 0 Å². The summed E-state index contributed by atoms with van der Waals surface area (Å²) in [6, 6.07) is 0.659. The average molecular weight is 330 g/mol. The number of rotatable bonds is 7. The highest BCUT2D eigenvalue weighted by molar-refractivity contribution is 6.83. The number of aliphatic hydroxyl groups is 1. The van der Waals surface area contributed by atoms with Crippen molar-refractivity contribution in [3.05, 3.63) is 0 Å². The second kappa shape index (κ2) is 7.93. The summed E-state index contributed by atoms with van der Waals surface area (Å²) in [5.74, 6) is 0.00343. The van der Waals surface area contributed by atoms with Crippen LogP contribution in [0.1, 0.15) is 60.8 Å². The summed E-state index contributed by atoms with van der Waals surface area (Å²) in [4.78, 5) is 17.3. The van der Waals surface area contributed by atoms with Crippen LogP contribution in [-0.4, -0.2) is 43.4 Å². The summed E-state index contributed by atoms with van der Waals surface area (Å²) in [5, 5.41) is 12.4. The Balaban J connectivity index is 2.99. The van der Waals surface area contributed by atoms with Crippen molar-refractivity contribution in [1.29, 1.82) is 0 Å². The van der Waals surface area contributed by atoms with E-state index in [1.54, 1.807) is 0 Å². The first-order valence-electron chi connectivity index (χ1n) is 8.72. The minimum Gasteiger partial charge on any atom is -0.391 e. The third-order valence-corrected chi connectivity index (χ3v) is 13.4. The molecule has 1 saturated heterocycles. The lowest BCUT2D eigenvalue weighted by Crippen LogP contribution is -2.54. The van der Waals surface area contributed by atoms with Crippen LogP contribution in [0.2, 0.25) is 22.7 Å². The van der Waals surface area contributed by atoms with Gasteiger partial charge in [-0.3, -0.25) is 9.63 Å². The van der Waals surface area contributed by atoms with Crippen molar-refractivity contribution in [2.75, 3.05) is 7.11 Å². The fourth-order valence-electron chi connectivity index (χ4n) is 4.67. The van der Waals surface area contributed by atoms with Gasteiger partial charge < -0.3 is 5.11 Å². The molecule has 0 aliphatic carbocycles. The monoisotopic (exact) mass is 329 g/mol. The highest BCUT2D eigenvalue weighted by Gasteiger charge is 2.46. The predicted molar refractivity (Wildman–Crippen MR) is 93.4 cm³/mol. The van der Waals surface area contributed by atoms with Crippen LogP contribution in [0, 0.1) is 0 Å². The lowest BCUT2D eigenvalue weighted by atomic mass is 10.00. The third kappa shape index (κ3) is 3.74. The fourth-order valence-corrected chi connectivity index (χ4v) is 11.1. The van der Waals surface area contributed by atoms with Crippen LogP contribution in [0.25, 0.3) is 0 Å². The largest absolute Gasteiger partial charge is 0.391 e. The summed E-state index contributed by atoms with van der Waals surface area (Å²) >= 11 is 0. The number of amides is 1. The van der Waals surface area contributed by atoms with Gasteiger partial charge in [-0.1, -0.05) is 58.2 Å². The van der Waals surface area contributed by atoms with Crippen molar-refractivity contribution >= 4 is 14.0 Å². The van der Waals surface area contributed by atoms with E-state index in [9.17, 15) is 9.90 Å². The topological polar surface area (TPSA) is 49.8 Å². The zero-order valence-corrected chi connectivity index (χ0v) is 16.4. The molecule has 130 valence electrons. The van der Waals surface area contributed by atoms with E-state index in [-0.39, 0.29) is 11.9 Å². The highest BCUT2D eigenvalue weighted by atomic mass is 28.3. The number of carbonyl (C=O) groups excluding carboxylic acids is 1. The number of aliphatic hydroxyl groups excluding tert-OH is 1. The number of carbonyl (C=O) groups is 1. The molecule has 0 saturated carbocycles. The highest BCUT2D eigenvalue weighted by Crippen LogP contribution is 2.46. The Hall–Kier alpha value is -0.393. The van der Waals surface area contributed by atoms with Gasteiger partial charge in [0, 0.05) is 6.42 Å². The van der Waals surface area contributed by atoms with E-state index < -0.39 is 14.2 Å². The molecule has 0 bridgehead atoms. The SMILES string of the molecule is CON1C(=O)CCC[C@@H]1[C@@H](O)C[Si](C(C)C)(C(C)C)C(C)C. The molecule has 4 nitrogen and oxygen atoms in total. The van der Waals surface area contributed by atoms with Crippen molar-refractivity contribution < 1.29 is 14.7 Å². The van der Waals surface area contributed by atoms with E-state index in [0.717, 1.165) is 18.9 Å². The van der Waals surface area contributed by atoms with Crippen LogP contribution in [-0.2, 0) is 9.63 Å². The van der Waals surface area contributed by atoms with Gasteiger partial charge in [0.1, 0.15) is 0 Å². The summed E-state index contributed by atoms with van der Waals surface area (Å²) < 4.78 is 0. The molecule has 22 heavy (non-hydrogen) atoms. The second-order valence-electron chi connectivity index (χ2n) is 7.71. The molecule has 5 heteroatoms. The molecule has 0 spiro atoms. The molecular weight excluding hydrogens is 294 g/mol. The van der Waals surface area contributed by atoms with Gasteiger partial charge in [-0.25, -0.2) is 5.06 Å². The van der Waals surface area contributed by atoms with Gasteiger partial charge in [-0.15, -0.1) is 0 Å². The Labute approximate surface area is 137 Å². The molecule has 0 radical (unpaired) electrons. The zero-order chi connectivity index (χ0) is 17.1. The van der Waals surface area contributed by atoms with Gasteiger partial charge in [0.15, 0.2) is 0 Å². The predicted octanol–water partition coefficient (Wildman–Crippen LogP) is 3.97. The first kappa shape index (κ1) is 19.7. The van der Waals surface area contributed by atoms with E-state index in [0.29, 0.717) is 23.0 Å². The van der Waals surface area contributed by atoms with E-state index in [4.69, 9.17) is 4.84 Å². The summed E-state index contributed by atoms with van der Waals surface area (Å²) in [6.45, 7) is 13.8. The van der Waals surface area contributed by atoms with E-state index in [2.05, 4.69) is 41.5 Å². The molecule has 0 aromatic carbocycles. The van der Waals surface area contributed by atoms with Crippen molar-refractivity contribution in [2.45, 2.75) is 95.6 Å². The molecule has 1 heterocycles. The maximum atomic E-state index is 12.0. The minimum atomic E-state index is -1.68. The van der Waals surface area contributed by atoms with Crippen LogP contribution in [0.5, 0.6) is 0 Å². The third-order valence-electron chi connectivity index (χ3n) is 5.87. The normalized spacial score (nSPS) is 22.0. The zero-order valence-electron chi connectivity index (χ0n) is 15.4. The average Bonchev–Trinajstić information content (AvgIpc) is 2.42. The Morgan fingerprint density at radius 1 is 1.18 bits per heavy atom. The van der Waals surface area contributed by atoms with Gasteiger partial charge in [0.05, 0.1) is 27.3 Å². The van der Waals surface area contributed by atoms with Gasteiger partial charge in [-0.2, -0.15) is 0 Å². The van der Waals surface area contributed by atoms with Crippen LogP contribution < -0.4 is 0 Å². The maximum absolute atomic E-state index is 12.0. The van der Waals surface area contributed by atoms with Crippen molar-refractivity contribution in [3.8, 4) is 0 Å². The Kier molecular flexibility index (Phi) is 7.08. The lowest BCUT2D eigenvalue weighted by Gasteiger charge is -2.47. The fraction of sp³-hybridized carbons (Fsp3) is 0.941. The quantitative estimate of drug-likeness (QED) is 0.719. The molecular formula is C17H35NO3Si. The van der Waals surface area contributed by atoms with Crippen molar-refractivity contribution in [3.63, 3.8) is 0 Å². The molecule has 1 aliphatic rings. The molecule has 1 rings (SSSR count). The summed E-state index contributed by atoms with van der Waals surface area (Å²) in [6.07, 6.45) is 1.72. The second-order valence-corrected chi connectivity index (χ2v) is 13.8. The molecule has 0 aromatic heterocycles. The van der Waals surface area contributed by atoms with Gasteiger partial charge in [0.2, 0.25) is 5.91 Å². The van der Waals surface area contributed by atoms with E-state index in [1.807, 2.05) is 0 Å². The lowest BCUT2D eigenvalue weighted by molar-refractivity contribution is -0.205. The first-order chi connectivity index (χ1) is 10.2. The molecule has 1 fully saturated rings. The van der Waals surface area contributed by atoms with E-state index >= 15 is 0 Å². The number of nitrogens with zero attached hydrogens (tertiary/aromatic N) is 1. The minimum absolute atomic E-state index is 0.00343. The first-order valence-corrected chi connectivity index (χ1v) is 11.2. The molecule has 0 aromatic rings. The van der Waals surface area contributed by atoms with Crippen LogP contribution in [0.4, 0.5) is 0 Å². The van der Waals surface area contributed by atoms with E-state index in [1.165, 1.54) is 12.2 Å². The van der Waals surface area contributed by atoms with Crippen molar-refractivity contribution in [1.82, 2.24) is 5.06 Å². The Bertz CT molecular complexity index is 349. The number of hydrogen-bond donors (Lipinski definition) is 1. The Morgan fingerprint density at radius 2 is 1.68 bits per heavy atom. The number of hydroxylamine groups is 2. The van der Waals surface area contributed by atoms with Gasteiger partial charge >= 0.3 is 0 Å².